The minimum absolute atomic E-state index is 0.0983. The van der Waals surface area contributed by atoms with Crippen molar-refractivity contribution in [1.82, 2.24) is 9.88 Å². The molecular weight excluding hydrogens is 314 g/mol. The molecule has 1 aromatic heterocycles. The number of hydrogen-bond donors (Lipinski definition) is 1. The number of benzene rings is 1. The standard InChI is InChI=1S/C16H18ClN5O/c17-11-1-2-13-12(7-11)19-15(23-13)22-9-16(20-14(22)18)8-21-5-3-10(16)4-6-21/h1-2,7,10H,3-6,8-9H2,(H2,18,20). The molecule has 4 aliphatic rings. The molecule has 120 valence electrons. The van der Waals surface area contributed by atoms with E-state index in [0.717, 1.165) is 18.6 Å². The van der Waals surface area contributed by atoms with Gasteiger partial charge in [-0.2, -0.15) is 4.98 Å². The second kappa shape index (κ2) is 4.61. The minimum atomic E-state index is -0.0983. The molecule has 3 fully saturated rings. The fraction of sp³-hybridized carbons (Fsp3) is 0.500. The van der Waals surface area contributed by atoms with Crippen molar-refractivity contribution in [2.45, 2.75) is 18.4 Å². The van der Waals surface area contributed by atoms with E-state index in [1.807, 2.05) is 11.0 Å². The van der Waals surface area contributed by atoms with E-state index in [2.05, 4.69) is 9.88 Å². The predicted molar refractivity (Wildman–Crippen MR) is 89.9 cm³/mol. The molecule has 0 aliphatic carbocycles. The number of oxazole rings is 1. The fourth-order valence-corrected chi connectivity index (χ4v) is 4.46. The topological polar surface area (TPSA) is 70.9 Å². The third-order valence-electron chi connectivity index (χ3n) is 5.46. The average molecular weight is 332 g/mol. The molecule has 7 heteroatoms. The van der Waals surface area contributed by atoms with Gasteiger partial charge < -0.3 is 15.1 Å². The van der Waals surface area contributed by atoms with Crippen LogP contribution >= 0.6 is 11.6 Å². The van der Waals surface area contributed by atoms with Gasteiger partial charge in [0.25, 0.3) is 0 Å². The van der Waals surface area contributed by atoms with E-state index >= 15 is 0 Å². The summed E-state index contributed by atoms with van der Waals surface area (Å²) in [6.07, 6.45) is 2.40. The van der Waals surface area contributed by atoms with E-state index in [9.17, 15) is 0 Å². The van der Waals surface area contributed by atoms with Crippen LogP contribution in [0.25, 0.3) is 11.1 Å². The summed E-state index contributed by atoms with van der Waals surface area (Å²) >= 11 is 6.03. The first-order valence-electron chi connectivity index (χ1n) is 8.04. The maximum Gasteiger partial charge on any atom is 0.305 e. The number of nitrogens with two attached hydrogens (primary N) is 1. The molecule has 0 amide bonds. The van der Waals surface area contributed by atoms with Crippen LogP contribution in [0.3, 0.4) is 0 Å². The zero-order chi connectivity index (χ0) is 15.6. The molecule has 0 radical (unpaired) electrons. The molecule has 6 nitrogen and oxygen atoms in total. The van der Waals surface area contributed by atoms with Crippen LogP contribution in [0.1, 0.15) is 12.8 Å². The quantitative estimate of drug-likeness (QED) is 0.866. The van der Waals surface area contributed by atoms with Crippen molar-refractivity contribution < 1.29 is 4.42 Å². The van der Waals surface area contributed by atoms with Gasteiger partial charge >= 0.3 is 6.01 Å². The van der Waals surface area contributed by atoms with E-state index in [1.165, 1.54) is 25.9 Å². The second-order valence-corrected chi connectivity index (χ2v) is 7.26. The van der Waals surface area contributed by atoms with Crippen molar-refractivity contribution in [3.63, 3.8) is 0 Å². The highest BCUT2D eigenvalue weighted by atomic mass is 35.5. The maximum absolute atomic E-state index is 6.23. The van der Waals surface area contributed by atoms with Crippen LogP contribution in [0.4, 0.5) is 6.01 Å². The van der Waals surface area contributed by atoms with E-state index in [0.29, 0.717) is 28.5 Å². The van der Waals surface area contributed by atoms with Gasteiger partial charge in [-0.1, -0.05) is 11.6 Å². The summed E-state index contributed by atoms with van der Waals surface area (Å²) in [6, 6.07) is 5.95. The Balaban J connectivity index is 1.51. The van der Waals surface area contributed by atoms with E-state index in [-0.39, 0.29) is 5.54 Å². The molecular formula is C16H18ClN5O. The first-order chi connectivity index (χ1) is 11.1. The van der Waals surface area contributed by atoms with Gasteiger partial charge in [0.1, 0.15) is 5.52 Å². The van der Waals surface area contributed by atoms with Crippen molar-refractivity contribution >= 4 is 34.7 Å². The lowest BCUT2D eigenvalue weighted by Gasteiger charge is -2.49. The average Bonchev–Trinajstić information content (AvgIpc) is 3.09. The number of aromatic nitrogens is 1. The summed E-state index contributed by atoms with van der Waals surface area (Å²) in [5.74, 6) is 1.12. The van der Waals surface area contributed by atoms with Gasteiger partial charge in [-0.15, -0.1) is 0 Å². The maximum atomic E-state index is 6.23. The van der Waals surface area contributed by atoms with Crippen molar-refractivity contribution in [2.75, 3.05) is 31.1 Å². The van der Waals surface area contributed by atoms with Crippen LogP contribution in [-0.4, -0.2) is 47.6 Å². The monoisotopic (exact) mass is 331 g/mol. The van der Waals surface area contributed by atoms with Gasteiger partial charge in [-0.3, -0.25) is 4.90 Å². The molecule has 2 N–H and O–H groups in total. The number of hydrogen-bond acceptors (Lipinski definition) is 6. The largest absolute Gasteiger partial charge is 0.423 e. The zero-order valence-electron chi connectivity index (χ0n) is 12.7. The summed E-state index contributed by atoms with van der Waals surface area (Å²) in [5, 5.41) is 0.647. The molecule has 4 aliphatic heterocycles. The number of piperidine rings is 3. The second-order valence-electron chi connectivity index (χ2n) is 6.82. The molecule has 6 rings (SSSR count). The number of halogens is 1. The molecule has 1 aromatic carbocycles. The highest BCUT2D eigenvalue weighted by Crippen LogP contribution is 2.42. The Morgan fingerprint density at radius 1 is 1.26 bits per heavy atom. The first-order valence-corrected chi connectivity index (χ1v) is 8.42. The number of guanidine groups is 1. The number of anilines is 1. The smallest absolute Gasteiger partial charge is 0.305 e. The normalized spacial score (nSPS) is 32.9. The fourth-order valence-electron chi connectivity index (χ4n) is 4.30. The number of nitrogens with zero attached hydrogens (tertiary/aromatic N) is 4. The first kappa shape index (κ1) is 13.6. The predicted octanol–water partition coefficient (Wildman–Crippen LogP) is 2.08. The van der Waals surface area contributed by atoms with E-state index in [1.54, 1.807) is 12.1 Å². The van der Waals surface area contributed by atoms with Crippen LogP contribution in [0.5, 0.6) is 0 Å². The highest BCUT2D eigenvalue weighted by molar-refractivity contribution is 6.31. The minimum Gasteiger partial charge on any atom is -0.423 e. The number of rotatable bonds is 1. The van der Waals surface area contributed by atoms with Gasteiger partial charge in [-0.05, 0) is 50.0 Å². The molecule has 23 heavy (non-hydrogen) atoms. The van der Waals surface area contributed by atoms with E-state index < -0.39 is 0 Å². The summed E-state index contributed by atoms with van der Waals surface area (Å²) in [7, 11) is 0. The van der Waals surface area contributed by atoms with E-state index in [4.69, 9.17) is 26.7 Å². The molecule has 0 saturated carbocycles. The van der Waals surface area contributed by atoms with Crippen LogP contribution in [0, 0.1) is 5.92 Å². The Labute approximate surface area is 138 Å². The summed E-state index contributed by atoms with van der Waals surface area (Å²) in [5.41, 5.74) is 7.59. The Hall–Kier alpha value is -1.79. The molecule has 1 spiro atoms. The van der Waals surface area contributed by atoms with Crippen molar-refractivity contribution in [1.29, 1.82) is 0 Å². The molecule has 5 heterocycles. The van der Waals surface area contributed by atoms with Crippen molar-refractivity contribution in [2.24, 2.45) is 16.6 Å². The molecule has 2 bridgehead atoms. The Kier molecular flexibility index (Phi) is 2.73. The summed E-state index contributed by atoms with van der Waals surface area (Å²) < 4.78 is 5.87. The van der Waals surface area contributed by atoms with Crippen LogP contribution < -0.4 is 10.6 Å². The third kappa shape index (κ3) is 1.98. The van der Waals surface area contributed by atoms with Gasteiger partial charge in [-0.25, -0.2) is 4.99 Å². The van der Waals surface area contributed by atoms with Gasteiger partial charge in [0, 0.05) is 11.6 Å². The van der Waals surface area contributed by atoms with Crippen LogP contribution in [0.15, 0.2) is 27.6 Å². The number of aliphatic imine (C=N–C) groups is 1. The number of fused-ring (bicyclic) bond motifs is 3. The molecule has 2 aromatic rings. The van der Waals surface area contributed by atoms with Crippen LogP contribution in [-0.2, 0) is 0 Å². The van der Waals surface area contributed by atoms with Crippen molar-refractivity contribution in [3.8, 4) is 0 Å². The Morgan fingerprint density at radius 2 is 2.09 bits per heavy atom. The van der Waals surface area contributed by atoms with Crippen molar-refractivity contribution in [3.05, 3.63) is 23.2 Å². The molecule has 1 unspecified atom stereocenters. The molecule has 3 saturated heterocycles. The van der Waals surface area contributed by atoms with Gasteiger partial charge in [0.2, 0.25) is 0 Å². The Morgan fingerprint density at radius 3 is 2.83 bits per heavy atom. The van der Waals surface area contributed by atoms with Crippen LogP contribution in [0.2, 0.25) is 5.02 Å². The lowest BCUT2D eigenvalue weighted by atomic mass is 9.73. The highest BCUT2D eigenvalue weighted by Gasteiger charge is 2.51. The SMILES string of the molecule is NC1=NC2(CN3CCC2CC3)CN1c1nc2cc(Cl)ccc2o1. The van der Waals surface area contributed by atoms with Gasteiger partial charge in [0.15, 0.2) is 11.5 Å². The third-order valence-corrected chi connectivity index (χ3v) is 5.69. The van der Waals surface area contributed by atoms with Gasteiger partial charge in [0.05, 0.1) is 12.1 Å². The summed E-state index contributed by atoms with van der Waals surface area (Å²) in [6.45, 7) is 4.11. The summed E-state index contributed by atoms with van der Waals surface area (Å²) in [4.78, 5) is 13.8. The lowest BCUT2D eigenvalue weighted by Crippen LogP contribution is -2.60. The lowest BCUT2D eigenvalue weighted by molar-refractivity contribution is 0.0388. The Bertz CT molecular complexity index is 810. The zero-order valence-corrected chi connectivity index (χ0v) is 13.5. The molecule has 1 atom stereocenters.